The fourth-order valence-corrected chi connectivity index (χ4v) is 3.94. The summed E-state index contributed by atoms with van der Waals surface area (Å²) < 4.78 is 32.6. The summed E-state index contributed by atoms with van der Waals surface area (Å²) in [4.78, 5) is 0.0955. The van der Waals surface area contributed by atoms with Crippen molar-refractivity contribution in [3.63, 3.8) is 0 Å². The number of rotatable bonds is 4. The van der Waals surface area contributed by atoms with Crippen LogP contribution in [0, 0.1) is 13.8 Å². The van der Waals surface area contributed by atoms with Crippen molar-refractivity contribution in [3.05, 3.63) is 23.3 Å². The normalized spacial score (nSPS) is 18.6. The summed E-state index contributed by atoms with van der Waals surface area (Å²) in [6, 6.07) is 3.37. The van der Waals surface area contributed by atoms with E-state index in [2.05, 4.69) is 4.72 Å². The average Bonchev–Trinajstić information content (AvgIpc) is 2.42. The number of nitrogens with two attached hydrogens (primary N) is 1. The summed E-state index contributed by atoms with van der Waals surface area (Å²) in [7, 11) is -3.76. The van der Waals surface area contributed by atoms with Gasteiger partial charge in [-0.2, -0.15) is 0 Å². The van der Waals surface area contributed by atoms with Gasteiger partial charge in [-0.25, -0.2) is 13.1 Å². The third-order valence-electron chi connectivity index (χ3n) is 3.99. The molecule has 1 aromatic rings. The van der Waals surface area contributed by atoms with Crippen LogP contribution >= 0.6 is 0 Å². The highest BCUT2D eigenvalue weighted by molar-refractivity contribution is 7.89. The van der Waals surface area contributed by atoms with E-state index in [4.69, 9.17) is 10.5 Å². The Balaban J connectivity index is 2.21. The van der Waals surface area contributed by atoms with Gasteiger partial charge in [0.25, 0.3) is 0 Å². The Bertz CT molecular complexity index is 622. The molecule has 7 heteroatoms. The van der Waals surface area contributed by atoms with Gasteiger partial charge >= 0.3 is 0 Å². The van der Waals surface area contributed by atoms with Crippen LogP contribution < -0.4 is 10.5 Å². The van der Waals surface area contributed by atoms with Crippen LogP contribution in [0.3, 0.4) is 0 Å². The lowest BCUT2D eigenvalue weighted by Crippen LogP contribution is -2.46. The first-order valence-corrected chi connectivity index (χ1v) is 8.39. The number of nitrogen functional groups attached to an aromatic ring is 1. The molecule has 2 rings (SSSR count). The van der Waals surface area contributed by atoms with E-state index in [0.29, 0.717) is 31.6 Å². The molecule has 118 valence electrons. The van der Waals surface area contributed by atoms with E-state index >= 15 is 0 Å². The van der Waals surface area contributed by atoms with Crippen LogP contribution in [0.25, 0.3) is 0 Å². The van der Waals surface area contributed by atoms with Gasteiger partial charge in [-0.15, -0.1) is 0 Å². The van der Waals surface area contributed by atoms with E-state index < -0.39 is 15.6 Å². The van der Waals surface area contributed by atoms with Crippen molar-refractivity contribution in [2.75, 3.05) is 25.5 Å². The molecule has 0 spiro atoms. The van der Waals surface area contributed by atoms with Crippen molar-refractivity contribution in [2.24, 2.45) is 0 Å². The van der Waals surface area contributed by atoms with E-state index in [1.165, 1.54) is 0 Å². The van der Waals surface area contributed by atoms with E-state index in [-0.39, 0.29) is 17.1 Å². The second kappa shape index (κ2) is 5.92. The largest absolute Gasteiger partial charge is 0.398 e. The number of hydrogen-bond acceptors (Lipinski definition) is 5. The second-order valence-electron chi connectivity index (χ2n) is 5.59. The maximum Gasteiger partial charge on any atom is 0.242 e. The zero-order valence-electron chi connectivity index (χ0n) is 12.3. The number of aryl methyl sites for hydroxylation is 1. The molecule has 1 saturated heterocycles. The lowest BCUT2D eigenvalue weighted by molar-refractivity contribution is -0.0588. The minimum Gasteiger partial charge on any atom is -0.398 e. The third-order valence-corrected chi connectivity index (χ3v) is 5.59. The first-order chi connectivity index (χ1) is 9.75. The lowest BCUT2D eigenvalue weighted by atomic mass is 9.95. The van der Waals surface area contributed by atoms with Crippen molar-refractivity contribution in [1.29, 1.82) is 0 Å². The zero-order chi connectivity index (χ0) is 15.7. The molecule has 0 aromatic heterocycles. The molecular weight excluding hydrogens is 292 g/mol. The van der Waals surface area contributed by atoms with Crippen molar-refractivity contribution >= 4 is 15.7 Å². The molecule has 0 saturated carbocycles. The maximum atomic E-state index is 12.5. The predicted molar refractivity (Wildman–Crippen MR) is 80.5 cm³/mol. The molecule has 1 aliphatic heterocycles. The zero-order valence-corrected chi connectivity index (χ0v) is 13.2. The highest BCUT2D eigenvalue weighted by Gasteiger charge is 2.32. The van der Waals surface area contributed by atoms with Gasteiger partial charge in [-0.05, 0) is 31.0 Å². The van der Waals surface area contributed by atoms with E-state index in [9.17, 15) is 13.5 Å². The van der Waals surface area contributed by atoms with Gasteiger partial charge in [-0.3, -0.25) is 0 Å². The minimum atomic E-state index is -3.76. The Hall–Kier alpha value is -1.15. The number of anilines is 1. The molecule has 0 radical (unpaired) electrons. The number of benzene rings is 1. The van der Waals surface area contributed by atoms with Gasteiger partial charge in [0.1, 0.15) is 4.90 Å². The van der Waals surface area contributed by atoms with E-state index in [1.54, 1.807) is 19.1 Å². The van der Waals surface area contributed by atoms with Gasteiger partial charge < -0.3 is 15.6 Å². The Morgan fingerprint density at radius 3 is 2.57 bits per heavy atom. The SMILES string of the molecule is Cc1ccc(N)c(S(=O)(=O)NCC2(O)CCOCC2)c1C. The molecular formula is C14H22N2O4S. The molecule has 1 heterocycles. The number of hydrogen-bond donors (Lipinski definition) is 3. The topological polar surface area (TPSA) is 102 Å². The summed E-state index contributed by atoms with van der Waals surface area (Å²) in [5, 5.41) is 10.3. The Morgan fingerprint density at radius 2 is 1.95 bits per heavy atom. The van der Waals surface area contributed by atoms with Gasteiger partial charge in [0.15, 0.2) is 0 Å². The van der Waals surface area contributed by atoms with Crippen LogP contribution in [0.5, 0.6) is 0 Å². The van der Waals surface area contributed by atoms with Gasteiger partial charge in [0.2, 0.25) is 10.0 Å². The molecule has 1 aliphatic rings. The number of nitrogens with one attached hydrogen (secondary N) is 1. The van der Waals surface area contributed by atoms with Crippen LogP contribution in [0.2, 0.25) is 0 Å². The van der Waals surface area contributed by atoms with Crippen LogP contribution in [0.1, 0.15) is 24.0 Å². The maximum absolute atomic E-state index is 12.5. The van der Waals surface area contributed by atoms with E-state index in [1.807, 2.05) is 6.92 Å². The molecule has 0 unspecified atom stereocenters. The molecule has 0 atom stereocenters. The molecule has 0 aliphatic carbocycles. The summed E-state index contributed by atoms with van der Waals surface area (Å²) in [5.74, 6) is 0. The molecule has 0 bridgehead atoms. The van der Waals surface area contributed by atoms with Crippen molar-refractivity contribution in [3.8, 4) is 0 Å². The first-order valence-electron chi connectivity index (χ1n) is 6.91. The third kappa shape index (κ3) is 3.55. The van der Waals surface area contributed by atoms with Gasteiger partial charge in [0, 0.05) is 32.6 Å². The number of aliphatic hydroxyl groups is 1. The molecule has 4 N–H and O–H groups in total. The Labute approximate surface area is 125 Å². The molecule has 1 aromatic carbocycles. The molecule has 1 fully saturated rings. The van der Waals surface area contributed by atoms with Gasteiger partial charge in [-0.1, -0.05) is 6.07 Å². The summed E-state index contributed by atoms with van der Waals surface area (Å²) in [5.41, 5.74) is 6.45. The Kier molecular flexibility index (Phi) is 4.57. The molecule has 21 heavy (non-hydrogen) atoms. The van der Waals surface area contributed by atoms with Gasteiger partial charge in [0.05, 0.1) is 11.3 Å². The molecule has 6 nitrogen and oxygen atoms in total. The van der Waals surface area contributed by atoms with Crippen molar-refractivity contribution in [1.82, 2.24) is 4.72 Å². The monoisotopic (exact) mass is 314 g/mol. The fraction of sp³-hybridized carbons (Fsp3) is 0.571. The number of ether oxygens (including phenoxy) is 1. The summed E-state index contributed by atoms with van der Waals surface area (Å²) in [6.45, 7) is 4.39. The summed E-state index contributed by atoms with van der Waals surface area (Å²) in [6.07, 6.45) is 0.829. The quantitative estimate of drug-likeness (QED) is 0.710. The number of sulfonamides is 1. The Morgan fingerprint density at radius 1 is 1.33 bits per heavy atom. The molecule has 0 amide bonds. The van der Waals surface area contributed by atoms with Crippen molar-refractivity contribution < 1.29 is 18.3 Å². The van der Waals surface area contributed by atoms with Crippen molar-refractivity contribution in [2.45, 2.75) is 37.2 Å². The predicted octanol–water partition coefficient (Wildman–Crippen LogP) is 0.705. The average molecular weight is 314 g/mol. The first kappa shape index (κ1) is 16.2. The highest BCUT2D eigenvalue weighted by atomic mass is 32.2. The standard InChI is InChI=1S/C14H22N2O4S/c1-10-3-4-12(15)13(11(10)2)21(18,19)16-9-14(17)5-7-20-8-6-14/h3-4,16-17H,5-9,15H2,1-2H3. The minimum absolute atomic E-state index is 0.0362. The smallest absolute Gasteiger partial charge is 0.242 e. The van der Waals surface area contributed by atoms with Crippen LogP contribution in [0.4, 0.5) is 5.69 Å². The van der Waals surface area contributed by atoms with Crippen LogP contribution in [0.15, 0.2) is 17.0 Å². The lowest BCUT2D eigenvalue weighted by Gasteiger charge is -2.32. The summed E-state index contributed by atoms with van der Waals surface area (Å²) >= 11 is 0. The van der Waals surface area contributed by atoms with E-state index in [0.717, 1.165) is 5.56 Å². The van der Waals surface area contributed by atoms with Crippen LogP contribution in [-0.4, -0.2) is 38.9 Å². The second-order valence-corrected chi connectivity index (χ2v) is 7.29. The highest BCUT2D eigenvalue weighted by Crippen LogP contribution is 2.26. The fourth-order valence-electron chi connectivity index (χ4n) is 2.40. The van der Waals surface area contributed by atoms with Crippen LogP contribution in [-0.2, 0) is 14.8 Å².